The minimum atomic E-state index is -0.117. The highest BCUT2D eigenvalue weighted by Gasteiger charge is 2.25. The molecular weight excluding hydrogens is 362 g/mol. The van der Waals surface area contributed by atoms with Crippen molar-refractivity contribution in [1.82, 2.24) is 18.6 Å². The first-order valence-corrected chi connectivity index (χ1v) is 9.72. The summed E-state index contributed by atoms with van der Waals surface area (Å²) in [6.07, 6.45) is 5.46. The highest BCUT2D eigenvalue weighted by atomic mass is 32.1. The molecule has 3 heterocycles. The Morgan fingerprint density at radius 1 is 1.37 bits per heavy atom. The predicted octanol–water partition coefficient (Wildman–Crippen LogP) is 3.61. The number of nitrogens with one attached hydrogen (secondary N) is 1. The Balaban J connectivity index is 1.39. The molecule has 0 aliphatic carbocycles. The number of nitrogens with zero attached hydrogens (tertiary/aromatic N) is 4. The zero-order valence-electron chi connectivity index (χ0n) is 15.1. The van der Waals surface area contributed by atoms with Crippen molar-refractivity contribution in [2.75, 3.05) is 18.4 Å². The molecule has 1 N–H and O–H groups in total. The summed E-state index contributed by atoms with van der Waals surface area (Å²) in [5, 5.41) is 3.03. The van der Waals surface area contributed by atoms with Crippen molar-refractivity contribution in [1.29, 1.82) is 0 Å². The molecule has 3 aromatic rings. The van der Waals surface area contributed by atoms with Gasteiger partial charge in [-0.3, -0.25) is 4.98 Å². The number of hydrogen-bond donors (Lipinski definition) is 1. The summed E-state index contributed by atoms with van der Waals surface area (Å²) in [7, 11) is 0. The number of pyridine rings is 1. The van der Waals surface area contributed by atoms with Gasteiger partial charge in [-0.25, -0.2) is 4.79 Å². The van der Waals surface area contributed by atoms with Crippen LogP contribution in [0.5, 0.6) is 0 Å². The monoisotopic (exact) mass is 383 g/mol. The Morgan fingerprint density at radius 2 is 2.30 bits per heavy atom. The number of fused-ring (bicyclic) bond motifs is 1. The lowest BCUT2D eigenvalue weighted by Gasteiger charge is -2.32. The number of aromatic nitrogens is 3. The van der Waals surface area contributed by atoms with Gasteiger partial charge in [0.15, 0.2) is 0 Å². The van der Waals surface area contributed by atoms with E-state index < -0.39 is 0 Å². The molecule has 1 aliphatic heterocycles. The lowest BCUT2D eigenvalue weighted by atomic mass is 10.1. The molecule has 2 aromatic heterocycles. The molecule has 1 atom stereocenters. The Morgan fingerprint density at radius 3 is 3.15 bits per heavy atom. The average Bonchev–Trinajstić information content (AvgIpc) is 3.18. The Hall–Kier alpha value is -2.58. The van der Waals surface area contributed by atoms with Crippen LogP contribution in [0.15, 0.2) is 36.7 Å². The van der Waals surface area contributed by atoms with E-state index in [0.717, 1.165) is 59.0 Å². The number of piperidine rings is 1. The van der Waals surface area contributed by atoms with E-state index in [-0.39, 0.29) is 12.1 Å². The highest BCUT2D eigenvalue weighted by molar-refractivity contribution is 7.00. The van der Waals surface area contributed by atoms with Crippen molar-refractivity contribution in [2.24, 2.45) is 0 Å². The van der Waals surface area contributed by atoms with Gasteiger partial charge in [-0.2, -0.15) is 8.75 Å². The SMILES string of the molecule is Cc1ccc2nsnc2c1NC(=O)N1CCC[C@@H](OCc2cccnc2)C1. The number of likely N-dealkylation sites (tertiary alicyclic amines) is 1. The number of anilines is 1. The predicted molar refractivity (Wildman–Crippen MR) is 105 cm³/mol. The number of rotatable bonds is 4. The zero-order valence-corrected chi connectivity index (χ0v) is 15.9. The number of carbonyl (C=O) groups excluding carboxylic acids is 1. The molecule has 0 saturated carbocycles. The van der Waals surface area contributed by atoms with Gasteiger partial charge in [0.1, 0.15) is 11.0 Å². The van der Waals surface area contributed by atoms with Crippen molar-refractivity contribution >= 4 is 34.5 Å². The Bertz CT molecular complexity index is 930. The van der Waals surface area contributed by atoms with Crippen LogP contribution < -0.4 is 5.32 Å². The van der Waals surface area contributed by atoms with Crippen molar-refractivity contribution in [3.63, 3.8) is 0 Å². The third kappa shape index (κ3) is 4.06. The third-order valence-corrected chi connectivity index (χ3v) is 5.28. The van der Waals surface area contributed by atoms with Gasteiger partial charge in [0.25, 0.3) is 0 Å². The van der Waals surface area contributed by atoms with Crippen LogP contribution in [0.25, 0.3) is 11.0 Å². The van der Waals surface area contributed by atoms with Crippen LogP contribution in [0.3, 0.4) is 0 Å². The minimum Gasteiger partial charge on any atom is -0.372 e. The first kappa shape index (κ1) is 17.8. The second kappa shape index (κ2) is 7.98. The molecular formula is C19H21N5O2S. The summed E-state index contributed by atoms with van der Waals surface area (Å²) in [6, 6.07) is 7.65. The number of carbonyl (C=O) groups is 1. The smallest absolute Gasteiger partial charge is 0.322 e. The van der Waals surface area contributed by atoms with E-state index in [1.54, 1.807) is 12.4 Å². The van der Waals surface area contributed by atoms with Crippen molar-refractivity contribution in [3.05, 3.63) is 47.8 Å². The maximum absolute atomic E-state index is 12.8. The fraction of sp³-hybridized carbons (Fsp3) is 0.368. The van der Waals surface area contributed by atoms with Gasteiger partial charge in [-0.05, 0) is 43.0 Å². The van der Waals surface area contributed by atoms with Gasteiger partial charge < -0.3 is 15.0 Å². The van der Waals surface area contributed by atoms with Crippen LogP contribution in [0.2, 0.25) is 0 Å². The van der Waals surface area contributed by atoms with Gasteiger partial charge in [-0.1, -0.05) is 12.1 Å². The normalized spacial score (nSPS) is 17.2. The molecule has 0 spiro atoms. The fourth-order valence-electron chi connectivity index (χ4n) is 3.25. The van der Waals surface area contributed by atoms with Gasteiger partial charge in [0.2, 0.25) is 0 Å². The summed E-state index contributed by atoms with van der Waals surface area (Å²) < 4.78 is 14.6. The second-order valence-corrected chi connectivity index (χ2v) is 7.23. The van der Waals surface area contributed by atoms with E-state index in [1.807, 2.05) is 36.1 Å². The maximum atomic E-state index is 12.8. The van der Waals surface area contributed by atoms with Crippen molar-refractivity contribution in [3.8, 4) is 0 Å². The van der Waals surface area contributed by atoms with Crippen LogP contribution in [-0.2, 0) is 11.3 Å². The van der Waals surface area contributed by atoms with Crippen molar-refractivity contribution < 1.29 is 9.53 Å². The third-order valence-electron chi connectivity index (χ3n) is 4.74. The zero-order chi connectivity index (χ0) is 18.6. The van der Waals surface area contributed by atoms with Gasteiger partial charge in [-0.15, -0.1) is 0 Å². The molecule has 1 aliphatic rings. The van der Waals surface area contributed by atoms with Crippen LogP contribution >= 0.6 is 11.7 Å². The highest BCUT2D eigenvalue weighted by Crippen LogP contribution is 2.26. The van der Waals surface area contributed by atoms with E-state index in [1.165, 1.54) is 0 Å². The molecule has 8 heteroatoms. The van der Waals surface area contributed by atoms with E-state index >= 15 is 0 Å². The summed E-state index contributed by atoms with van der Waals surface area (Å²) >= 11 is 1.15. The number of aryl methyl sites for hydroxylation is 1. The molecule has 1 fully saturated rings. The van der Waals surface area contributed by atoms with Crippen molar-refractivity contribution in [2.45, 2.75) is 32.5 Å². The summed E-state index contributed by atoms with van der Waals surface area (Å²) in [5.41, 5.74) is 4.30. The molecule has 0 bridgehead atoms. The number of benzene rings is 1. The van der Waals surface area contributed by atoms with Gasteiger partial charge in [0.05, 0.1) is 30.1 Å². The molecule has 1 aromatic carbocycles. The first-order chi connectivity index (χ1) is 13.2. The number of amides is 2. The molecule has 27 heavy (non-hydrogen) atoms. The number of urea groups is 1. The quantitative estimate of drug-likeness (QED) is 0.744. The molecule has 0 unspecified atom stereocenters. The standard InChI is InChI=1S/C19H21N5O2S/c1-13-6-7-16-18(23-27-22-16)17(13)21-19(25)24-9-3-5-15(11-24)26-12-14-4-2-8-20-10-14/h2,4,6-8,10,15H,3,5,9,11-12H2,1H3,(H,21,25)/t15-/m1/s1. The summed E-state index contributed by atoms with van der Waals surface area (Å²) in [5.74, 6) is 0. The first-order valence-electron chi connectivity index (χ1n) is 8.99. The topological polar surface area (TPSA) is 80.2 Å². The molecule has 0 radical (unpaired) electrons. The van der Waals surface area contributed by atoms with Gasteiger partial charge >= 0.3 is 6.03 Å². The summed E-state index contributed by atoms with van der Waals surface area (Å²) in [6.45, 7) is 3.78. The number of ether oxygens (including phenoxy) is 1. The van der Waals surface area contributed by atoms with Gasteiger partial charge in [0, 0.05) is 25.5 Å². The van der Waals surface area contributed by atoms with E-state index in [2.05, 4.69) is 19.0 Å². The lowest BCUT2D eigenvalue weighted by molar-refractivity contribution is 0.000918. The Labute approximate surface area is 161 Å². The molecule has 2 amide bonds. The fourth-order valence-corrected chi connectivity index (χ4v) is 3.79. The second-order valence-electron chi connectivity index (χ2n) is 6.70. The molecule has 1 saturated heterocycles. The lowest BCUT2D eigenvalue weighted by Crippen LogP contribution is -2.45. The Kier molecular flexibility index (Phi) is 5.26. The van der Waals surface area contributed by atoms with E-state index in [0.29, 0.717) is 13.2 Å². The maximum Gasteiger partial charge on any atom is 0.322 e. The molecule has 7 nitrogen and oxygen atoms in total. The minimum absolute atomic E-state index is 0.0301. The molecule has 4 rings (SSSR count). The van der Waals surface area contributed by atoms with Crippen LogP contribution in [0.4, 0.5) is 10.5 Å². The number of hydrogen-bond acceptors (Lipinski definition) is 6. The van der Waals surface area contributed by atoms with E-state index in [9.17, 15) is 4.79 Å². The summed E-state index contributed by atoms with van der Waals surface area (Å²) in [4.78, 5) is 18.7. The van der Waals surface area contributed by atoms with E-state index in [4.69, 9.17) is 4.74 Å². The van der Waals surface area contributed by atoms with Crippen LogP contribution in [-0.4, -0.2) is 43.9 Å². The molecule has 140 valence electrons. The van der Waals surface area contributed by atoms with Crippen LogP contribution in [0, 0.1) is 6.92 Å². The van der Waals surface area contributed by atoms with Crippen LogP contribution in [0.1, 0.15) is 24.0 Å². The largest absolute Gasteiger partial charge is 0.372 e. The average molecular weight is 383 g/mol.